The number of carbonyl (C=O) groups excluding carboxylic acids is 2. The highest BCUT2D eigenvalue weighted by atomic mass is 16.5. The molecule has 0 atom stereocenters. The first-order valence-electron chi connectivity index (χ1n) is 13.8. The van der Waals surface area contributed by atoms with Gasteiger partial charge in [0.1, 0.15) is 18.2 Å². The molecule has 2 amide bonds. The lowest BCUT2D eigenvalue weighted by Crippen LogP contribution is -2.30. The van der Waals surface area contributed by atoms with Gasteiger partial charge in [-0.1, -0.05) is 12.1 Å². The van der Waals surface area contributed by atoms with Crippen LogP contribution in [0.3, 0.4) is 0 Å². The number of anilines is 3. The summed E-state index contributed by atoms with van der Waals surface area (Å²) in [6, 6.07) is 15.0. The number of hydrogen-bond donors (Lipinski definition) is 3. The molecule has 5 rings (SSSR count). The van der Waals surface area contributed by atoms with Crippen molar-refractivity contribution in [3.8, 4) is 5.75 Å². The maximum Gasteiger partial charge on any atom is 0.271 e. The molecule has 2 heterocycles. The average Bonchev–Trinajstić information content (AvgIpc) is 3.83. The van der Waals surface area contributed by atoms with E-state index in [0.717, 1.165) is 49.1 Å². The van der Waals surface area contributed by atoms with Crippen LogP contribution in [-0.4, -0.2) is 54.7 Å². The van der Waals surface area contributed by atoms with Crippen molar-refractivity contribution < 1.29 is 19.1 Å². The molecule has 10 nitrogen and oxygen atoms in total. The summed E-state index contributed by atoms with van der Waals surface area (Å²) < 4.78 is 10.9. The van der Waals surface area contributed by atoms with Gasteiger partial charge in [-0.15, -0.1) is 0 Å². The third-order valence-corrected chi connectivity index (χ3v) is 6.73. The number of rotatable bonds is 11. The lowest BCUT2D eigenvalue weighted by Gasteiger charge is -2.27. The van der Waals surface area contributed by atoms with E-state index in [1.807, 2.05) is 43.3 Å². The zero-order chi connectivity index (χ0) is 28.3. The highest BCUT2D eigenvalue weighted by Crippen LogP contribution is 2.39. The lowest BCUT2D eigenvalue weighted by atomic mass is 10.1. The Balaban J connectivity index is 0.000000255. The maximum atomic E-state index is 11.8. The number of hydrogen-bond acceptors (Lipinski definition) is 8. The molecule has 2 aliphatic rings. The van der Waals surface area contributed by atoms with Gasteiger partial charge in [-0.05, 0) is 86.9 Å². The van der Waals surface area contributed by atoms with Crippen LogP contribution in [0, 0.1) is 0 Å². The smallest absolute Gasteiger partial charge is 0.271 e. The van der Waals surface area contributed by atoms with Gasteiger partial charge in [0.25, 0.3) is 5.91 Å². The van der Waals surface area contributed by atoms with Gasteiger partial charge in [-0.2, -0.15) is 0 Å². The van der Waals surface area contributed by atoms with E-state index in [0.29, 0.717) is 31.2 Å². The van der Waals surface area contributed by atoms with Crippen LogP contribution in [0.1, 0.15) is 71.4 Å². The Morgan fingerprint density at radius 3 is 2.25 bits per heavy atom. The second-order valence-corrected chi connectivity index (χ2v) is 9.79. The molecular weight excluding hydrogens is 508 g/mol. The number of carbonyl (C=O) groups is 2. The second kappa shape index (κ2) is 14.3. The highest BCUT2D eigenvalue weighted by molar-refractivity contribution is 5.96. The predicted molar refractivity (Wildman–Crippen MR) is 155 cm³/mol. The van der Waals surface area contributed by atoms with Gasteiger partial charge in [0.15, 0.2) is 11.5 Å². The van der Waals surface area contributed by atoms with Crippen molar-refractivity contribution in [3.63, 3.8) is 0 Å². The van der Waals surface area contributed by atoms with E-state index in [-0.39, 0.29) is 11.6 Å². The Bertz CT molecular complexity index is 1260. The van der Waals surface area contributed by atoms with Crippen LogP contribution in [0.5, 0.6) is 5.75 Å². The minimum absolute atomic E-state index is 0.123. The maximum absolute atomic E-state index is 11.8. The second-order valence-electron chi connectivity index (χ2n) is 9.79. The first-order valence-corrected chi connectivity index (χ1v) is 13.8. The number of primary amides is 2. The summed E-state index contributed by atoms with van der Waals surface area (Å²) in [5.74, 6) is 1.64. The number of piperidine rings is 1. The zero-order valence-corrected chi connectivity index (χ0v) is 23.0. The summed E-state index contributed by atoms with van der Waals surface area (Å²) >= 11 is 0. The standard InChI is InChI=1S/C20H27N5O3.C10H11NO/c1-2-27-12-13-28-16-8-6-15(7-9-16)23-20-18(19(21)26)22-14-17(24-20)25-10-4-3-5-11-25;11-10(12)9-5-3-8(4-6-9)7-1-2-7/h6-9,14H,2-5,10-13H2,1H3,(H2,21,26)(H,23,24);3-7H,1-2H2,(H2,11,12). The van der Waals surface area contributed by atoms with Gasteiger partial charge >= 0.3 is 0 Å². The molecule has 1 saturated heterocycles. The summed E-state index contributed by atoms with van der Waals surface area (Å²) in [6.45, 7) is 5.55. The van der Waals surface area contributed by atoms with E-state index in [1.54, 1.807) is 18.3 Å². The Kier molecular flexibility index (Phi) is 10.3. The molecule has 0 spiro atoms. The number of nitrogens with one attached hydrogen (secondary N) is 1. The van der Waals surface area contributed by atoms with E-state index in [1.165, 1.54) is 24.8 Å². The third kappa shape index (κ3) is 8.41. The normalized spacial score (nSPS) is 14.6. The van der Waals surface area contributed by atoms with Crippen molar-refractivity contribution in [1.29, 1.82) is 0 Å². The van der Waals surface area contributed by atoms with Crippen molar-refractivity contribution in [3.05, 3.63) is 71.5 Å². The van der Waals surface area contributed by atoms with Crippen LogP contribution < -0.4 is 26.4 Å². The van der Waals surface area contributed by atoms with E-state index >= 15 is 0 Å². The van der Waals surface area contributed by atoms with E-state index in [2.05, 4.69) is 20.2 Å². The molecule has 212 valence electrons. The number of nitrogens with zero attached hydrogens (tertiary/aromatic N) is 3. The molecule has 3 aromatic rings. The molecule has 1 saturated carbocycles. The molecule has 5 N–H and O–H groups in total. The molecule has 0 bridgehead atoms. The summed E-state index contributed by atoms with van der Waals surface area (Å²) in [7, 11) is 0. The highest BCUT2D eigenvalue weighted by Gasteiger charge is 2.23. The predicted octanol–water partition coefficient (Wildman–Crippen LogP) is 4.39. The monoisotopic (exact) mass is 546 g/mol. The first-order chi connectivity index (χ1) is 19.4. The molecule has 1 aromatic heterocycles. The van der Waals surface area contributed by atoms with E-state index in [4.69, 9.17) is 20.9 Å². The molecule has 1 aliphatic carbocycles. The van der Waals surface area contributed by atoms with Crippen molar-refractivity contribution >= 4 is 29.1 Å². The zero-order valence-electron chi connectivity index (χ0n) is 23.0. The van der Waals surface area contributed by atoms with Crippen molar-refractivity contribution in [2.75, 3.05) is 43.1 Å². The topological polar surface area (TPSA) is 146 Å². The van der Waals surface area contributed by atoms with Crippen LogP contribution in [0.25, 0.3) is 0 Å². The van der Waals surface area contributed by atoms with Gasteiger partial charge < -0.3 is 31.2 Å². The lowest BCUT2D eigenvalue weighted by molar-refractivity contribution is 0.0989. The molecule has 0 unspecified atom stereocenters. The molecule has 2 aromatic carbocycles. The Hall–Kier alpha value is -4.18. The SMILES string of the molecule is CCOCCOc1ccc(Nc2nc(N3CCCCC3)cnc2C(N)=O)cc1.NC(=O)c1ccc(C2CC2)cc1. The summed E-state index contributed by atoms with van der Waals surface area (Å²) in [6.07, 6.45) is 7.69. The first kappa shape index (κ1) is 28.8. The van der Waals surface area contributed by atoms with Crippen molar-refractivity contribution in [1.82, 2.24) is 9.97 Å². The molecule has 10 heteroatoms. The minimum Gasteiger partial charge on any atom is -0.491 e. The quantitative estimate of drug-likeness (QED) is 0.300. The molecule has 40 heavy (non-hydrogen) atoms. The van der Waals surface area contributed by atoms with Crippen LogP contribution in [-0.2, 0) is 4.74 Å². The van der Waals surface area contributed by atoms with E-state index in [9.17, 15) is 9.59 Å². The molecule has 2 fully saturated rings. The summed E-state index contributed by atoms with van der Waals surface area (Å²) in [5.41, 5.74) is 13.4. The van der Waals surface area contributed by atoms with Crippen molar-refractivity contribution in [2.45, 2.75) is 44.9 Å². The van der Waals surface area contributed by atoms with Gasteiger partial charge in [0.05, 0.1) is 12.8 Å². The molecule has 0 radical (unpaired) electrons. The minimum atomic E-state index is -0.615. The fourth-order valence-electron chi connectivity index (χ4n) is 4.39. The van der Waals surface area contributed by atoms with Crippen LogP contribution >= 0.6 is 0 Å². The number of amides is 2. The fourth-order valence-corrected chi connectivity index (χ4v) is 4.39. The Labute approximate surface area is 235 Å². The summed E-state index contributed by atoms with van der Waals surface area (Å²) in [4.78, 5) is 33.5. The largest absolute Gasteiger partial charge is 0.491 e. The van der Waals surface area contributed by atoms with Gasteiger partial charge in [0, 0.05) is 30.9 Å². The fraction of sp³-hybridized carbons (Fsp3) is 0.400. The van der Waals surface area contributed by atoms with Crippen LogP contribution in [0.2, 0.25) is 0 Å². The van der Waals surface area contributed by atoms with Gasteiger partial charge in [-0.3, -0.25) is 9.59 Å². The molecular formula is C30H38N6O4. The van der Waals surface area contributed by atoms with Crippen LogP contribution in [0.15, 0.2) is 54.7 Å². The number of aromatic nitrogens is 2. The Morgan fingerprint density at radius 2 is 1.65 bits per heavy atom. The Morgan fingerprint density at radius 1 is 0.950 bits per heavy atom. The van der Waals surface area contributed by atoms with Gasteiger partial charge in [-0.25, -0.2) is 9.97 Å². The van der Waals surface area contributed by atoms with Gasteiger partial charge in [0.2, 0.25) is 5.91 Å². The summed E-state index contributed by atoms with van der Waals surface area (Å²) in [5, 5.41) is 3.16. The van der Waals surface area contributed by atoms with Crippen molar-refractivity contribution in [2.24, 2.45) is 11.5 Å². The molecule has 1 aliphatic heterocycles. The number of nitrogens with two attached hydrogens (primary N) is 2. The third-order valence-electron chi connectivity index (χ3n) is 6.73. The van der Waals surface area contributed by atoms with Crippen LogP contribution in [0.4, 0.5) is 17.3 Å². The van der Waals surface area contributed by atoms with E-state index < -0.39 is 5.91 Å². The average molecular weight is 547 g/mol. The number of ether oxygens (including phenoxy) is 2. The number of benzene rings is 2.